The lowest BCUT2D eigenvalue weighted by Gasteiger charge is -2.35. The summed E-state index contributed by atoms with van der Waals surface area (Å²) in [5, 5.41) is 3.61. The van der Waals surface area contributed by atoms with Gasteiger partial charge in [0.2, 0.25) is 0 Å². The highest BCUT2D eigenvalue weighted by molar-refractivity contribution is 4.77. The number of hydrogen-bond donors (Lipinski definition) is 1. The van der Waals surface area contributed by atoms with Gasteiger partial charge in [-0.3, -0.25) is 0 Å². The molecule has 0 bridgehead atoms. The van der Waals surface area contributed by atoms with Crippen molar-refractivity contribution in [2.24, 2.45) is 5.92 Å². The molecule has 0 aromatic heterocycles. The lowest BCUT2D eigenvalue weighted by molar-refractivity contribution is 0.144. The number of piperidine rings is 1. The van der Waals surface area contributed by atoms with Gasteiger partial charge in [-0.2, -0.15) is 0 Å². The normalized spacial score (nSPS) is 21.4. The molecular weight excluding hydrogens is 210 g/mol. The average Bonchev–Trinajstić information content (AvgIpc) is 2.29. The van der Waals surface area contributed by atoms with Crippen molar-refractivity contribution in [3.8, 4) is 0 Å². The Kier molecular flexibility index (Phi) is 6.45. The highest BCUT2D eigenvalue weighted by Crippen LogP contribution is 2.13. The molecule has 0 aromatic rings. The number of nitrogens with one attached hydrogen (secondary N) is 1. The van der Waals surface area contributed by atoms with Crippen LogP contribution in [-0.2, 0) is 0 Å². The fourth-order valence-corrected chi connectivity index (χ4v) is 2.35. The van der Waals surface area contributed by atoms with Crippen LogP contribution < -0.4 is 5.32 Å². The van der Waals surface area contributed by atoms with Gasteiger partial charge >= 0.3 is 0 Å². The van der Waals surface area contributed by atoms with E-state index in [2.05, 4.69) is 50.0 Å². The van der Waals surface area contributed by atoms with Gasteiger partial charge in [-0.25, -0.2) is 0 Å². The van der Waals surface area contributed by atoms with E-state index in [-0.39, 0.29) is 0 Å². The first-order valence-electron chi connectivity index (χ1n) is 7.13. The molecule has 0 aromatic carbocycles. The van der Waals surface area contributed by atoms with Crippen LogP contribution in [0.15, 0.2) is 0 Å². The van der Waals surface area contributed by atoms with Crippen LogP contribution in [0.5, 0.6) is 0 Å². The predicted octanol–water partition coefficient (Wildman–Crippen LogP) is 1.65. The monoisotopic (exact) mass is 241 g/mol. The maximum atomic E-state index is 3.61. The molecule has 17 heavy (non-hydrogen) atoms. The Morgan fingerprint density at radius 2 is 1.76 bits per heavy atom. The van der Waals surface area contributed by atoms with Crippen molar-refractivity contribution in [1.29, 1.82) is 0 Å². The molecule has 1 aliphatic rings. The van der Waals surface area contributed by atoms with Crippen molar-refractivity contribution in [3.63, 3.8) is 0 Å². The number of likely N-dealkylation sites (tertiary alicyclic amines) is 1. The summed E-state index contributed by atoms with van der Waals surface area (Å²) < 4.78 is 0. The van der Waals surface area contributed by atoms with Gasteiger partial charge in [0.25, 0.3) is 0 Å². The standard InChI is InChI=1S/C14H31N3/c1-12(2)13(3)15-8-11-17-9-6-14(7-10-17)16(4)5/h12-15H,6-11H2,1-5H3. The summed E-state index contributed by atoms with van der Waals surface area (Å²) >= 11 is 0. The molecule has 1 aliphatic heterocycles. The van der Waals surface area contributed by atoms with Gasteiger partial charge in [-0.05, 0) is 52.9 Å². The Morgan fingerprint density at radius 3 is 2.24 bits per heavy atom. The molecular formula is C14H31N3. The van der Waals surface area contributed by atoms with Crippen LogP contribution in [-0.4, -0.2) is 62.2 Å². The van der Waals surface area contributed by atoms with Gasteiger partial charge in [0, 0.05) is 25.2 Å². The van der Waals surface area contributed by atoms with E-state index in [0.29, 0.717) is 6.04 Å². The summed E-state index contributed by atoms with van der Waals surface area (Å²) in [6.45, 7) is 11.7. The van der Waals surface area contributed by atoms with Crippen LogP contribution in [0.1, 0.15) is 33.6 Å². The Hall–Kier alpha value is -0.120. The SMILES string of the molecule is CC(C)C(C)NCCN1CCC(N(C)C)CC1. The van der Waals surface area contributed by atoms with E-state index < -0.39 is 0 Å². The molecule has 1 heterocycles. The lowest BCUT2D eigenvalue weighted by atomic mass is 10.0. The Morgan fingerprint density at radius 1 is 1.18 bits per heavy atom. The molecule has 1 saturated heterocycles. The smallest absolute Gasteiger partial charge is 0.0113 e. The number of rotatable bonds is 6. The third-order valence-corrected chi connectivity index (χ3v) is 4.18. The minimum atomic E-state index is 0.634. The molecule has 0 spiro atoms. The second-order valence-corrected chi connectivity index (χ2v) is 6.02. The third-order valence-electron chi connectivity index (χ3n) is 4.18. The second kappa shape index (κ2) is 7.34. The fraction of sp³-hybridized carbons (Fsp3) is 1.00. The summed E-state index contributed by atoms with van der Waals surface area (Å²) in [4.78, 5) is 4.97. The molecule has 1 atom stereocenters. The molecule has 1 N–H and O–H groups in total. The van der Waals surface area contributed by atoms with Gasteiger partial charge in [-0.15, -0.1) is 0 Å². The van der Waals surface area contributed by atoms with Crippen molar-refractivity contribution in [2.75, 3.05) is 40.3 Å². The van der Waals surface area contributed by atoms with E-state index in [9.17, 15) is 0 Å². The minimum absolute atomic E-state index is 0.634. The molecule has 0 aliphatic carbocycles. The van der Waals surface area contributed by atoms with E-state index in [1.54, 1.807) is 0 Å². The zero-order valence-electron chi connectivity index (χ0n) is 12.4. The fourth-order valence-electron chi connectivity index (χ4n) is 2.35. The first-order valence-corrected chi connectivity index (χ1v) is 7.13. The van der Waals surface area contributed by atoms with Crippen LogP contribution in [0.3, 0.4) is 0 Å². The van der Waals surface area contributed by atoms with E-state index in [1.165, 1.54) is 32.5 Å². The summed E-state index contributed by atoms with van der Waals surface area (Å²) in [6, 6.07) is 1.43. The van der Waals surface area contributed by atoms with Crippen LogP contribution in [0, 0.1) is 5.92 Å². The minimum Gasteiger partial charge on any atom is -0.313 e. The van der Waals surface area contributed by atoms with Crippen molar-refractivity contribution in [1.82, 2.24) is 15.1 Å². The zero-order valence-corrected chi connectivity index (χ0v) is 12.4. The molecule has 1 unspecified atom stereocenters. The van der Waals surface area contributed by atoms with Gasteiger partial charge in [0.1, 0.15) is 0 Å². The van der Waals surface area contributed by atoms with E-state index in [0.717, 1.165) is 18.5 Å². The van der Waals surface area contributed by atoms with Crippen molar-refractivity contribution in [3.05, 3.63) is 0 Å². The maximum absolute atomic E-state index is 3.61. The second-order valence-electron chi connectivity index (χ2n) is 6.02. The molecule has 1 fully saturated rings. The largest absolute Gasteiger partial charge is 0.313 e. The van der Waals surface area contributed by atoms with Gasteiger partial charge in [-0.1, -0.05) is 13.8 Å². The Balaban J connectivity index is 2.10. The summed E-state index contributed by atoms with van der Waals surface area (Å²) in [5.41, 5.74) is 0. The van der Waals surface area contributed by atoms with Gasteiger partial charge < -0.3 is 15.1 Å². The predicted molar refractivity (Wildman–Crippen MR) is 75.5 cm³/mol. The summed E-state index contributed by atoms with van der Waals surface area (Å²) in [7, 11) is 4.40. The van der Waals surface area contributed by atoms with E-state index >= 15 is 0 Å². The van der Waals surface area contributed by atoms with Crippen LogP contribution >= 0.6 is 0 Å². The Bertz CT molecular complexity index is 196. The van der Waals surface area contributed by atoms with Gasteiger partial charge in [0.15, 0.2) is 0 Å². The topological polar surface area (TPSA) is 18.5 Å². The van der Waals surface area contributed by atoms with Gasteiger partial charge in [0.05, 0.1) is 0 Å². The first-order chi connectivity index (χ1) is 8.00. The van der Waals surface area contributed by atoms with E-state index in [1.807, 2.05) is 0 Å². The molecule has 1 rings (SSSR count). The van der Waals surface area contributed by atoms with Crippen molar-refractivity contribution in [2.45, 2.75) is 45.7 Å². The Labute approximate surface area is 108 Å². The average molecular weight is 241 g/mol. The van der Waals surface area contributed by atoms with Crippen LogP contribution in [0.4, 0.5) is 0 Å². The summed E-state index contributed by atoms with van der Waals surface area (Å²) in [5.74, 6) is 0.731. The molecule has 0 radical (unpaired) electrons. The molecule has 0 saturated carbocycles. The van der Waals surface area contributed by atoms with Crippen LogP contribution in [0.2, 0.25) is 0 Å². The summed E-state index contributed by atoms with van der Waals surface area (Å²) in [6.07, 6.45) is 2.65. The number of hydrogen-bond acceptors (Lipinski definition) is 3. The van der Waals surface area contributed by atoms with E-state index in [4.69, 9.17) is 0 Å². The maximum Gasteiger partial charge on any atom is 0.0113 e. The quantitative estimate of drug-likeness (QED) is 0.763. The number of nitrogens with zero attached hydrogens (tertiary/aromatic N) is 2. The highest BCUT2D eigenvalue weighted by Gasteiger charge is 2.20. The molecule has 102 valence electrons. The van der Waals surface area contributed by atoms with Crippen molar-refractivity contribution < 1.29 is 0 Å². The first kappa shape index (κ1) is 14.9. The van der Waals surface area contributed by atoms with Crippen molar-refractivity contribution >= 4 is 0 Å². The lowest BCUT2D eigenvalue weighted by Crippen LogP contribution is -2.45. The molecule has 0 amide bonds. The third kappa shape index (κ3) is 5.36. The zero-order chi connectivity index (χ0) is 12.8. The highest BCUT2D eigenvalue weighted by atomic mass is 15.2. The molecule has 3 heteroatoms. The van der Waals surface area contributed by atoms with Crippen LogP contribution in [0.25, 0.3) is 0 Å². The molecule has 3 nitrogen and oxygen atoms in total.